The highest BCUT2D eigenvalue weighted by molar-refractivity contribution is 7.99. The molecule has 1 atom stereocenters. The van der Waals surface area contributed by atoms with Crippen molar-refractivity contribution in [2.45, 2.75) is 18.6 Å². The molecule has 0 heterocycles. The fourth-order valence-corrected chi connectivity index (χ4v) is 4.19. The Kier molecular flexibility index (Phi) is 5.41. The first-order chi connectivity index (χ1) is 13.0. The molecule has 0 saturated heterocycles. The van der Waals surface area contributed by atoms with Crippen molar-refractivity contribution in [3.8, 4) is 0 Å². The number of benzene rings is 2. The van der Waals surface area contributed by atoms with Crippen LogP contribution < -0.4 is 0 Å². The fourth-order valence-electron chi connectivity index (χ4n) is 2.98. The molecule has 6 nitrogen and oxygen atoms in total. The first-order valence-electron chi connectivity index (χ1n) is 8.43. The number of hydrogen-bond donors (Lipinski definition) is 1. The minimum Gasteiger partial charge on any atom is -0.507 e. The summed E-state index contributed by atoms with van der Waals surface area (Å²) >= 11 is 1.42. The van der Waals surface area contributed by atoms with Crippen molar-refractivity contribution >= 4 is 34.8 Å². The molecule has 0 spiro atoms. The molecular formula is C20H17NO5S. The first-order valence-corrected chi connectivity index (χ1v) is 9.48. The van der Waals surface area contributed by atoms with Gasteiger partial charge in [0.25, 0.3) is 5.69 Å². The smallest absolute Gasteiger partial charge is 0.269 e. The Bertz CT molecular complexity index is 949. The Balaban J connectivity index is 2.13. The molecule has 0 radical (unpaired) electrons. The molecular weight excluding hydrogens is 366 g/mol. The average molecular weight is 383 g/mol. The number of nitro benzene ring substituents is 1. The van der Waals surface area contributed by atoms with Crippen molar-refractivity contribution in [3.63, 3.8) is 0 Å². The summed E-state index contributed by atoms with van der Waals surface area (Å²) in [5, 5.41) is 21.1. The quantitative estimate of drug-likeness (QED) is 0.448. The average Bonchev–Trinajstić information content (AvgIpc) is 2.69. The van der Waals surface area contributed by atoms with Crippen molar-refractivity contribution in [3.05, 3.63) is 80.9 Å². The van der Waals surface area contributed by atoms with Crippen molar-refractivity contribution in [2.24, 2.45) is 0 Å². The van der Waals surface area contributed by atoms with Gasteiger partial charge in [-0.1, -0.05) is 43.3 Å². The van der Waals surface area contributed by atoms with E-state index in [0.29, 0.717) is 16.9 Å². The lowest BCUT2D eigenvalue weighted by Crippen LogP contribution is -2.26. The standard InChI is InChI=1S/C20H17NO5S/c1-2-11-27-20(12-7-9-13(10-8-12)21(25)26)16-17(22)14-5-3-4-6-15(14)18(23)19(16)24/h3-10,20,22H,2,11H2,1H3. The van der Waals surface area contributed by atoms with Gasteiger partial charge in [-0.25, -0.2) is 0 Å². The molecule has 27 heavy (non-hydrogen) atoms. The third-order valence-electron chi connectivity index (χ3n) is 4.29. The lowest BCUT2D eigenvalue weighted by molar-refractivity contribution is -0.384. The number of nitrogens with zero attached hydrogens (tertiary/aromatic N) is 1. The third kappa shape index (κ3) is 3.50. The second kappa shape index (κ2) is 7.75. The molecule has 2 aromatic carbocycles. The molecule has 0 bridgehead atoms. The third-order valence-corrected chi connectivity index (χ3v) is 5.78. The summed E-state index contributed by atoms with van der Waals surface area (Å²) in [4.78, 5) is 35.7. The van der Waals surface area contributed by atoms with Crippen LogP contribution in [0, 0.1) is 10.1 Å². The zero-order valence-corrected chi connectivity index (χ0v) is 15.4. The molecule has 0 saturated carbocycles. The second-order valence-corrected chi connectivity index (χ2v) is 7.28. The molecule has 0 aromatic heterocycles. The van der Waals surface area contributed by atoms with Gasteiger partial charge in [-0.2, -0.15) is 0 Å². The number of aliphatic hydroxyl groups excluding tert-OH is 1. The fraction of sp³-hybridized carbons (Fsp3) is 0.200. The summed E-state index contributed by atoms with van der Waals surface area (Å²) in [5.41, 5.74) is 1.12. The van der Waals surface area contributed by atoms with Gasteiger partial charge in [0.1, 0.15) is 5.76 Å². The van der Waals surface area contributed by atoms with Crippen LogP contribution in [0.2, 0.25) is 0 Å². The number of rotatable bonds is 6. The number of non-ortho nitro benzene ring substituents is 1. The summed E-state index contributed by atoms with van der Waals surface area (Å²) in [7, 11) is 0. The number of carbonyl (C=O) groups excluding carboxylic acids is 2. The highest BCUT2D eigenvalue weighted by Crippen LogP contribution is 2.43. The molecule has 1 unspecified atom stereocenters. The van der Waals surface area contributed by atoms with Crippen LogP contribution in [0.1, 0.15) is 40.1 Å². The molecule has 138 valence electrons. The summed E-state index contributed by atoms with van der Waals surface area (Å²) in [6, 6.07) is 12.3. The SMILES string of the molecule is CCCSC(C1=C(O)c2ccccc2C(=O)C1=O)c1ccc([N+](=O)[O-])cc1. The Hall–Kier alpha value is -2.93. The van der Waals surface area contributed by atoms with E-state index in [2.05, 4.69) is 0 Å². The lowest BCUT2D eigenvalue weighted by atomic mass is 9.85. The van der Waals surface area contributed by atoms with E-state index in [4.69, 9.17) is 0 Å². The van der Waals surface area contributed by atoms with Gasteiger partial charge in [0.2, 0.25) is 11.6 Å². The van der Waals surface area contributed by atoms with Gasteiger partial charge >= 0.3 is 0 Å². The van der Waals surface area contributed by atoms with Gasteiger partial charge in [0, 0.05) is 23.3 Å². The van der Waals surface area contributed by atoms with Crippen molar-refractivity contribution in [1.82, 2.24) is 0 Å². The summed E-state index contributed by atoms with van der Waals surface area (Å²) < 4.78 is 0. The number of fused-ring (bicyclic) bond motifs is 1. The van der Waals surface area contributed by atoms with E-state index in [1.54, 1.807) is 30.3 Å². The van der Waals surface area contributed by atoms with E-state index in [1.807, 2.05) is 6.92 Å². The predicted molar refractivity (Wildman–Crippen MR) is 104 cm³/mol. The van der Waals surface area contributed by atoms with Crippen LogP contribution in [-0.4, -0.2) is 27.3 Å². The Morgan fingerprint density at radius 3 is 2.26 bits per heavy atom. The maximum Gasteiger partial charge on any atom is 0.269 e. The zero-order valence-electron chi connectivity index (χ0n) is 14.5. The van der Waals surface area contributed by atoms with E-state index in [1.165, 1.54) is 30.0 Å². The van der Waals surface area contributed by atoms with Crippen LogP contribution in [0.5, 0.6) is 0 Å². The van der Waals surface area contributed by atoms with Crippen molar-refractivity contribution in [2.75, 3.05) is 5.75 Å². The summed E-state index contributed by atoms with van der Waals surface area (Å²) in [5.74, 6) is -0.899. The largest absolute Gasteiger partial charge is 0.507 e. The molecule has 1 aliphatic carbocycles. The van der Waals surface area contributed by atoms with Gasteiger partial charge in [0.05, 0.1) is 15.7 Å². The minimum atomic E-state index is -0.738. The van der Waals surface area contributed by atoms with Gasteiger partial charge in [-0.15, -0.1) is 11.8 Å². The van der Waals surface area contributed by atoms with E-state index < -0.39 is 21.7 Å². The Morgan fingerprint density at radius 1 is 1.04 bits per heavy atom. The number of Topliss-reactive ketones (excluding diaryl/α,β-unsaturated/α-hetero) is 2. The van der Waals surface area contributed by atoms with Crippen molar-refractivity contribution < 1.29 is 19.6 Å². The maximum atomic E-state index is 12.8. The molecule has 1 N–H and O–H groups in total. The molecule has 7 heteroatoms. The molecule has 0 fully saturated rings. The number of thioether (sulfide) groups is 1. The van der Waals surface area contributed by atoms with Crippen molar-refractivity contribution in [1.29, 1.82) is 0 Å². The molecule has 3 rings (SSSR count). The van der Waals surface area contributed by atoms with Crippen LogP contribution >= 0.6 is 11.8 Å². The van der Waals surface area contributed by atoms with E-state index >= 15 is 0 Å². The molecule has 0 amide bonds. The Labute approximate surface area is 160 Å². The maximum absolute atomic E-state index is 12.8. The van der Waals surface area contributed by atoms with Crippen LogP contribution in [-0.2, 0) is 4.79 Å². The van der Waals surface area contributed by atoms with E-state index in [9.17, 15) is 24.8 Å². The van der Waals surface area contributed by atoms with Crippen LogP contribution in [0.25, 0.3) is 5.76 Å². The second-order valence-electron chi connectivity index (χ2n) is 6.07. The molecule has 2 aromatic rings. The van der Waals surface area contributed by atoms with Gasteiger partial charge in [0.15, 0.2) is 0 Å². The monoisotopic (exact) mass is 383 g/mol. The highest BCUT2D eigenvalue weighted by Gasteiger charge is 2.37. The lowest BCUT2D eigenvalue weighted by Gasteiger charge is -2.24. The van der Waals surface area contributed by atoms with Gasteiger partial charge < -0.3 is 5.11 Å². The number of nitro groups is 1. The van der Waals surface area contributed by atoms with Crippen LogP contribution in [0.4, 0.5) is 5.69 Å². The summed E-state index contributed by atoms with van der Waals surface area (Å²) in [6.07, 6.45) is 0.834. The van der Waals surface area contributed by atoms with Crippen LogP contribution in [0.15, 0.2) is 54.1 Å². The van der Waals surface area contributed by atoms with Gasteiger partial charge in [-0.05, 0) is 17.7 Å². The summed E-state index contributed by atoms with van der Waals surface area (Å²) in [6.45, 7) is 1.98. The molecule has 1 aliphatic rings. The van der Waals surface area contributed by atoms with Gasteiger partial charge in [-0.3, -0.25) is 19.7 Å². The first kappa shape index (κ1) is 18.8. The normalized spacial score (nSPS) is 14.9. The highest BCUT2D eigenvalue weighted by atomic mass is 32.2. The number of carbonyl (C=O) groups is 2. The predicted octanol–water partition coefficient (Wildman–Crippen LogP) is 4.51. The minimum absolute atomic E-state index is 0.0333. The zero-order chi connectivity index (χ0) is 19.6. The van der Waals surface area contributed by atoms with Crippen LogP contribution in [0.3, 0.4) is 0 Å². The van der Waals surface area contributed by atoms with E-state index in [-0.39, 0.29) is 22.6 Å². The molecule has 0 aliphatic heterocycles. The van der Waals surface area contributed by atoms with E-state index in [0.717, 1.165) is 6.42 Å². The number of ketones is 2. The Morgan fingerprint density at radius 2 is 1.67 bits per heavy atom. The number of hydrogen-bond acceptors (Lipinski definition) is 6. The number of aliphatic hydroxyl groups is 1. The topological polar surface area (TPSA) is 97.5 Å².